The third-order valence-electron chi connectivity index (χ3n) is 5.87. The Balaban J connectivity index is 1.62. The van der Waals surface area contributed by atoms with Crippen LogP contribution in [0.4, 0.5) is 17.1 Å². The number of fused-ring (bicyclic) bond motifs is 1. The predicted molar refractivity (Wildman–Crippen MR) is 119 cm³/mol. The highest BCUT2D eigenvalue weighted by Crippen LogP contribution is 2.48. The van der Waals surface area contributed by atoms with Crippen LogP contribution < -0.4 is 14.7 Å². The number of nitro benzene ring substituents is 1. The Morgan fingerprint density at radius 3 is 2.39 bits per heavy atom. The van der Waals surface area contributed by atoms with Crippen molar-refractivity contribution in [2.24, 2.45) is 5.92 Å². The van der Waals surface area contributed by atoms with Crippen LogP contribution in [0.2, 0.25) is 0 Å². The molecule has 2 aliphatic heterocycles. The van der Waals surface area contributed by atoms with Gasteiger partial charge in [0.2, 0.25) is 5.91 Å². The van der Waals surface area contributed by atoms with Gasteiger partial charge in [-0.05, 0) is 29.8 Å². The van der Waals surface area contributed by atoms with Gasteiger partial charge in [0.25, 0.3) is 11.6 Å². The highest BCUT2D eigenvalue weighted by atomic mass is 16.7. The molecule has 2 fully saturated rings. The standard InChI is InChI=1S/C24H19N3O6/c1-32-19-13-6-5-12-18(19)25-23(28)20-21(15-8-7-11-17(14-15)27(30)31)26(33-22(20)24(25)29)16-9-3-2-4-10-16/h2-14,20-22H,1H3/t20-,21+,22-/m1/s1. The van der Waals surface area contributed by atoms with Gasteiger partial charge in [-0.15, -0.1) is 0 Å². The number of carbonyl (C=O) groups is 2. The fourth-order valence-corrected chi connectivity index (χ4v) is 4.43. The van der Waals surface area contributed by atoms with Crippen LogP contribution in [-0.4, -0.2) is 30.0 Å². The molecule has 0 aromatic heterocycles. The van der Waals surface area contributed by atoms with Crippen molar-refractivity contribution in [3.63, 3.8) is 0 Å². The molecule has 166 valence electrons. The van der Waals surface area contributed by atoms with E-state index in [0.29, 0.717) is 22.7 Å². The Hall–Kier alpha value is -4.24. The summed E-state index contributed by atoms with van der Waals surface area (Å²) in [7, 11) is 1.46. The highest BCUT2D eigenvalue weighted by Gasteiger charge is 2.60. The molecule has 0 aliphatic carbocycles. The van der Waals surface area contributed by atoms with Crippen LogP contribution in [0.25, 0.3) is 0 Å². The molecular weight excluding hydrogens is 426 g/mol. The van der Waals surface area contributed by atoms with Crippen molar-refractivity contribution in [3.8, 4) is 5.75 Å². The van der Waals surface area contributed by atoms with Crippen LogP contribution >= 0.6 is 0 Å². The quantitative estimate of drug-likeness (QED) is 0.336. The van der Waals surface area contributed by atoms with Gasteiger partial charge in [-0.3, -0.25) is 24.5 Å². The minimum atomic E-state index is -1.08. The Kier molecular flexibility index (Phi) is 5.02. The van der Waals surface area contributed by atoms with Crippen LogP contribution in [0.1, 0.15) is 11.6 Å². The van der Waals surface area contributed by atoms with E-state index in [2.05, 4.69) is 0 Å². The van der Waals surface area contributed by atoms with E-state index in [0.717, 1.165) is 4.90 Å². The lowest BCUT2D eigenvalue weighted by Gasteiger charge is -2.29. The number of imide groups is 1. The molecular formula is C24H19N3O6. The zero-order chi connectivity index (χ0) is 23.1. The lowest BCUT2D eigenvalue weighted by atomic mass is 9.90. The van der Waals surface area contributed by atoms with Crippen molar-refractivity contribution in [2.45, 2.75) is 12.1 Å². The number of hydroxylamine groups is 1. The number of benzene rings is 3. The van der Waals surface area contributed by atoms with Crippen molar-refractivity contribution in [1.82, 2.24) is 0 Å². The number of methoxy groups -OCH3 is 1. The van der Waals surface area contributed by atoms with Crippen molar-refractivity contribution >= 4 is 28.9 Å². The average Bonchev–Trinajstić information content (AvgIpc) is 3.35. The summed E-state index contributed by atoms with van der Waals surface area (Å²) in [6.45, 7) is 0. The summed E-state index contributed by atoms with van der Waals surface area (Å²) in [5.74, 6) is -1.48. The summed E-state index contributed by atoms with van der Waals surface area (Å²) >= 11 is 0. The average molecular weight is 445 g/mol. The first-order valence-corrected chi connectivity index (χ1v) is 10.3. The number of ether oxygens (including phenoxy) is 1. The number of rotatable bonds is 5. The lowest BCUT2D eigenvalue weighted by Crippen LogP contribution is -2.37. The van der Waals surface area contributed by atoms with Gasteiger partial charge in [-0.1, -0.05) is 42.5 Å². The first-order chi connectivity index (χ1) is 16.0. The molecule has 0 spiro atoms. The van der Waals surface area contributed by atoms with Crippen LogP contribution in [0, 0.1) is 16.0 Å². The molecule has 0 unspecified atom stereocenters. The third kappa shape index (κ3) is 3.30. The summed E-state index contributed by atoms with van der Waals surface area (Å²) < 4.78 is 5.35. The predicted octanol–water partition coefficient (Wildman–Crippen LogP) is 3.65. The van der Waals surface area contributed by atoms with E-state index in [9.17, 15) is 19.7 Å². The van der Waals surface area contributed by atoms with E-state index in [1.807, 2.05) is 18.2 Å². The van der Waals surface area contributed by atoms with Gasteiger partial charge >= 0.3 is 0 Å². The van der Waals surface area contributed by atoms with E-state index in [1.165, 1.54) is 24.3 Å². The normalized spacial score (nSPS) is 21.9. The maximum atomic E-state index is 13.7. The van der Waals surface area contributed by atoms with Crippen LogP contribution in [0.3, 0.4) is 0 Å². The molecule has 3 aromatic carbocycles. The maximum absolute atomic E-state index is 13.7. The van der Waals surface area contributed by atoms with Crippen LogP contribution in [0.15, 0.2) is 78.9 Å². The van der Waals surface area contributed by atoms with Crippen molar-refractivity contribution in [1.29, 1.82) is 0 Å². The van der Waals surface area contributed by atoms with Gasteiger partial charge in [-0.25, -0.2) is 9.96 Å². The number of para-hydroxylation sites is 3. The lowest BCUT2D eigenvalue weighted by molar-refractivity contribution is -0.384. The molecule has 0 saturated carbocycles. The topological polar surface area (TPSA) is 102 Å². The van der Waals surface area contributed by atoms with Crippen molar-refractivity contribution in [2.75, 3.05) is 17.1 Å². The largest absolute Gasteiger partial charge is 0.495 e. The maximum Gasteiger partial charge on any atom is 0.269 e. The van der Waals surface area contributed by atoms with E-state index < -0.39 is 34.8 Å². The minimum absolute atomic E-state index is 0.109. The first-order valence-electron chi connectivity index (χ1n) is 10.3. The van der Waals surface area contributed by atoms with Gasteiger partial charge in [0.15, 0.2) is 6.10 Å². The number of anilines is 2. The monoisotopic (exact) mass is 445 g/mol. The second-order valence-corrected chi connectivity index (χ2v) is 7.69. The molecule has 3 aromatic rings. The fraction of sp³-hybridized carbons (Fsp3) is 0.167. The van der Waals surface area contributed by atoms with E-state index in [-0.39, 0.29) is 5.69 Å². The van der Waals surface area contributed by atoms with Crippen LogP contribution in [0.5, 0.6) is 5.75 Å². The Morgan fingerprint density at radius 2 is 1.67 bits per heavy atom. The molecule has 0 N–H and O–H groups in total. The van der Waals surface area contributed by atoms with Gasteiger partial charge in [0.05, 0.1) is 29.4 Å². The number of carbonyl (C=O) groups excluding carboxylic acids is 2. The zero-order valence-electron chi connectivity index (χ0n) is 17.5. The Labute approximate surface area is 188 Å². The molecule has 9 heteroatoms. The van der Waals surface area contributed by atoms with Crippen molar-refractivity contribution < 1.29 is 24.1 Å². The first kappa shape index (κ1) is 20.7. The summed E-state index contributed by atoms with van der Waals surface area (Å²) in [6.07, 6.45) is -1.08. The Bertz CT molecular complexity index is 1250. The number of hydrogen-bond acceptors (Lipinski definition) is 7. The summed E-state index contributed by atoms with van der Waals surface area (Å²) in [5.41, 5.74) is 1.36. The van der Waals surface area contributed by atoms with E-state index in [1.54, 1.807) is 48.5 Å². The zero-order valence-corrected chi connectivity index (χ0v) is 17.5. The Morgan fingerprint density at radius 1 is 0.939 bits per heavy atom. The summed E-state index contributed by atoms with van der Waals surface area (Å²) in [4.78, 5) is 45.1. The minimum Gasteiger partial charge on any atom is -0.495 e. The molecule has 33 heavy (non-hydrogen) atoms. The second kappa shape index (κ2) is 8.03. The molecule has 2 heterocycles. The van der Waals surface area contributed by atoms with E-state index >= 15 is 0 Å². The molecule has 2 saturated heterocycles. The molecule has 0 bridgehead atoms. The summed E-state index contributed by atoms with van der Waals surface area (Å²) in [5, 5.41) is 12.9. The molecule has 2 amide bonds. The number of amides is 2. The van der Waals surface area contributed by atoms with Gasteiger partial charge < -0.3 is 4.74 Å². The van der Waals surface area contributed by atoms with Gasteiger partial charge in [-0.2, -0.15) is 0 Å². The summed E-state index contributed by atoms with van der Waals surface area (Å²) in [6, 6.07) is 21.1. The SMILES string of the molecule is COc1ccccc1N1C(=O)[C@H]2[C@@H](ON(c3ccccc3)[C@H]2c2cccc([N+](=O)[O-])c2)C1=O. The molecule has 2 aliphatic rings. The third-order valence-corrected chi connectivity index (χ3v) is 5.87. The number of non-ortho nitro benzene ring substituents is 1. The number of nitro groups is 1. The van der Waals surface area contributed by atoms with Crippen molar-refractivity contribution in [3.05, 3.63) is 94.5 Å². The van der Waals surface area contributed by atoms with Gasteiger partial charge in [0.1, 0.15) is 11.7 Å². The second-order valence-electron chi connectivity index (χ2n) is 7.69. The molecule has 3 atom stereocenters. The number of nitrogens with zero attached hydrogens (tertiary/aromatic N) is 3. The molecule has 0 radical (unpaired) electrons. The molecule has 9 nitrogen and oxygen atoms in total. The van der Waals surface area contributed by atoms with Gasteiger partial charge in [0, 0.05) is 12.1 Å². The molecule has 5 rings (SSSR count). The van der Waals surface area contributed by atoms with Crippen LogP contribution in [-0.2, 0) is 14.4 Å². The highest BCUT2D eigenvalue weighted by molar-refractivity contribution is 6.24. The fourth-order valence-electron chi connectivity index (χ4n) is 4.43. The smallest absolute Gasteiger partial charge is 0.269 e. The van der Waals surface area contributed by atoms with E-state index in [4.69, 9.17) is 9.57 Å². The number of hydrogen-bond donors (Lipinski definition) is 0.